The molecule has 0 aliphatic heterocycles. The van der Waals surface area contributed by atoms with Crippen LogP contribution in [0.4, 0.5) is 0 Å². The Bertz CT molecular complexity index is 447. The van der Waals surface area contributed by atoms with E-state index in [4.69, 9.17) is 0 Å². The van der Waals surface area contributed by atoms with Crippen molar-refractivity contribution in [3.05, 3.63) is 47.0 Å². The molecule has 0 atom stereocenters. The van der Waals surface area contributed by atoms with Crippen LogP contribution in [-0.2, 0) is 6.42 Å². The lowest BCUT2D eigenvalue weighted by Gasteiger charge is -2.09. The normalized spacial score (nSPS) is 10.4. The summed E-state index contributed by atoms with van der Waals surface area (Å²) in [5.74, 6) is -0.819. The van der Waals surface area contributed by atoms with Gasteiger partial charge < -0.3 is 5.11 Å². The number of rotatable bonds is 8. The Balaban J connectivity index is 2.45. The van der Waals surface area contributed by atoms with Crippen LogP contribution in [0, 0.1) is 6.92 Å². The predicted octanol–water partition coefficient (Wildman–Crippen LogP) is 4.76. The molecule has 1 aromatic carbocycles. The van der Waals surface area contributed by atoms with Crippen molar-refractivity contribution in [2.24, 2.45) is 0 Å². The largest absolute Gasteiger partial charge is 0.478 e. The number of hydrogen-bond donors (Lipinski definition) is 1. The van der Waals surface area contributed by atoms with Gasteiger partial charge in [-0.3, -0.25) is 0 Å². The molecule has 0 unspecified atom stereocenters. The van der Waals surface area contributed by atoms with Crippen LogP contribution in [0.5, 0.6) is 0 Å². The van der Waals surface area contributed by atoms with Gasteiger partial charge in [0.1, 0.15) is 0 Å². The Morgan fingerprint density at radius 1 is 1.21 bits per heavy atom. The van der Waals surface area contributed by atoms with Crippen LogP contribution >= 0.6 is 0 Å². The Kier molecular flexibility index (Phi) is 6.34. The first-order valence-electron chi connectivity index (χ1n) is 6.98. The first-order chi connectivity index (χ1) is 9.02. The second-order valence-electron chi connectivity index (χ2n) is 5.28. The molecule has 2 heteroatoms. The van der Waals surface area contributed by atoms with Crippen LogP contribution in [0.1, 0.15) is 60.5 Å². The molecule has 0 aromatic heterocycles. The average molecular weight is 260 g/mol. The molecule has 0 saturated heterocycles. The number of carbonyl (C=O) groups is 1. The van der Waals surface area contributed by atoms with Crippen LogP contribution in [0.15, 0.2) is 30.4 Å². The molecule has 0 amide bonds. The highest BCUT2D eigenvalue weighted by atomic mass is 16.4. The van der Waals surface area contributed by atoms with Gasteiger partial charge in [-0.05, 0) is 56.7 Å². The molecule has 1 aromatic rings. The van der Waals surface area contributed by atoms with Crippen LogP contribution in [0.25, 0.3) is 0 Å². The standard InChI is InChI=1S/C17H24O2/c1-13(2)9-6-4-5-7-11-15-14(3)10-8-12-16(15)17(18)19/h8,10,12H,1,4-7,9,11H2,2-3H3,(H,18,19). The smallest absolute Gasteiger partial charge is 0.335 e. The predicted molar refractivity (Wildman–Crippen MR) is 79.7 cm³/mol. The fraction of sp³-hybridized carbons (Fsp3) is 0.471. The van der Waals surface area contributed by atoms with Gasteiger partial charge in [0.2, 0.25) is 0 Å². The molecule has 104 valence electrons. The highest BCUT2D eigenvalue weighted by Gasteiger charge is 2.11. The zero-order chi connectivity index (χ0) is 14.3. The van der Waals surface area contributed by atoms with Crippen LogP contribution in [0.2, 0.25) is 0 Å². The number of aromatic carboxylic acids is 1. The first kappa shape index (κ1) is 15.5. The van der Waals surface area contributed by atoms with E-state index in [-0.39, 0.29) is 0 Å². The van der Waals surface area contributed by atoms with Gasteiger partial charge in [-0.25, -0.2) is 4.79 Å². The maximum absolute atomic E-state index is 11.2. The van der Waals surface area contributed by atoms with Crippen molar-refractivity contribution in [3.63, 3.8) is 0 Å². The summed E-state index contributed by atoms with van der Waals surface area (Å²) < 4.78 is 0. The number of unbranched alkanes of at least 4 members (excludes halogenated alkanes) is 3. The molecule has 0 aliphatic carbocycles. The van der Waals surface area contributed by atoms with E-state index in [2.05, 4.69) is 13.5 Å². The summed E-state index contributed by atoms with van der Waals surface area (Å²) >= 11 is 0. The van der Waals surface area contributed by atoms with Gasteiger partial charge in [-0.15, -0.1) is 6.58 Å². The summed E-state index contributed by atoms with van der Waals surface area (Å²) in [5, 5.41) is 9.18. The lowest BCUT2D eigenvalue weighted by molar-refractivity contribution is 0.0695. The van der Waals surface area contributed by atoms with Gasteiger partial charge in [0, 0.05) is 0 Å². The van der Waals surface area contributed by atoms with Gasteiger partial charge in [0.05, 0.1) is 5.56 Å². The molecule has 0 bridgehead atoms. The molecular formula is C17H24O2. The third-order valence-corrected chi connectivity index (χ3v) is 3.42. The summed E-state index contributed by atoms with van der Waals surface area (Å²) in [7, 11) is 0. The minimum atomic E-state index is -0.819. The van der Waals surface area contributed by atoms with Gasteiger partial charge in [0.15, 0.2) is 0 Å². The van der Waals surface area contributed by atoms with E-state index in [1.165, 1.54) is 18.4 Å². The van der Waals surface area contributed by atoms with E-state index >= 15 is 0 Å². The first-order valence-corrected chi connectivity index (χ1v) is 6.98. The summed E-state index contributed by atoms with van der Waals surface area (Å²) in [5.41, 5.74) is 3.78. The van der Waals surface area contributed by atoms with E-state index in [9.17, 15) is 9.90 Å². The van der Waals surface area contributed by atoms with Crippen molar-refractivity contribution in [1.29, 1.82) is 0 Å². The van der Waals surface area contributed by atoms with E-state index < -0.39 is 5.97 Å². The zero-order valence-electron chi connectivity index (χ0n) is 12.0. The van der Waals surface area contributed by atoms with Crippen molar-refractivity contribution in [2.45, 2.75) is 52.4 Å². The van der Waals surface area contributed by atoms with E-state index in [1.807, 2.05) is 19.1 Å². The molecule has 0 heterocycles. The van der Waals surface area contributed by atoms with E-state index in [0.717, 1.165) is 36.8 Å². The third-order valence-electron chi connectivity index (χ3n) is 3.42. The maximum Gasteiger partial charge on any atom is 0.335 e. The average Bonchev–Trinajstić information content (AvgIpc) is 2.34. The highest BCUT2D eigenvalue weighted by Crippen LogP contribution is 2.18. The Morgan fingerprint density at radius 3 is 2.53 bits per heavy atom. The SMILES string of the molecule is C=C(C)CCCCCCc1c(C)cccc1C(=O)O. The fourth-order valence-electron chi connectivity index (χ4n) is 2.32. The monoisotopic (exact) mass is 260 g/mol. The molecule has 0 saturated carbocycles. The van der Waals surface area contributed by atoms with Crippen molar-refractivity contribution >= 4 is 5.97 Å². The third kappa shape index (κ3) is 5.29. The molecule has 1 rings (SSSR count). The van der Waals surface area contributed by atoms with Gasteiger partial charge in [-0.2, -0.15) is 0 Å². The second kappa shape index (κ2) is 7.78. The molecule has 0 aliphatic rings. The number of carboxylic acid groups (broad SMARTS) is 1. The number of aryl methyl sites for hydroxylation is 1. The zero-order valence-corrected chi connectivity index (χ0v) is 12.0. The number of allylic oxidation sites excluding steroid dienone is 1. The van der Waals surface area contributed by atoms with Gasteiger partial charge in [0.25, 0.3) is 0 Å². The molecular weight excluding hydrogens is 236 g/mol. The van der Waals surface area contributed by atoms with E-state index in [1.54, 1.807) is 6.07 Å². The topological polar surface area (TPSA) is 37.3 Å². The molecule has 1 N–H and O–H groups in total. The lowest BCUT2D eigenvalue weighted by Crippen LogP contribution is -2.04. The summed E-state index contributed by atoms with van der Waals surface area (Å²) in [6.07, 6.45) is 6.56. The van der Waals surface area contributed by atoms with Crippen LogP contribution in [0.3, 0.4) is 0 Å². The summed E-state index contributed by atoms with van der Waals surface area (Å²) in [6.45, 7) is 7.95. The van der Waals surface area contributed by atoms with Crippen LogP contribution < -0.4 is 0 Å². The number of hydrogen-bond acceptors (Lipinski definition) is 1. The highest BCUT2D eigenvalue weighted by molar-refractivity contribution is 5.89. The Hall–Kier alpha value is -1.57. The van der Waals surface area contributed by atoms with Crippen LogP contribution in [-0.4, -0.2) is 11.1 Å². The number of carboxylic acids is 1. The van der Waals surface area contributed by atoms with E-state index in [0.29, 0.717) is 5.56 Å². The number of benzene rings is 1. The quantitative estimate of drug-likeness (QED) is 0.540. The Morgan fingerprint density at radius 2 is 1.89 bits per heavy atom. The van der Waals surface area contributed by atoms with Gasteiger partial charge >= 0.3 is 5.97 Å². The lowest BCUT2D eigenvalue weighted by atomic mass is 9.96. The molecule has 0 spiro atoms. The molecule has 0 radical (unpaired) electrons. The van der Waals surface area contributed by atoms with Gasteiger partial charge in [-0.1, -0.05) is 30.5 Å². The van der Waals surface area contributed by atoms with Crippen molar-refractivity contribution in [1.82, 2.24) is 0 Å². The minimum Gasteiger partial charge on any atom is -0.478 e. The maximum atomic E-state index is 11.2. The van der Waals surface area contributed by atoms with Crippen molar-refractivity contribution < 1.29 is 9.90 Å². The minimum absolute atomic E-state index is 0.460. The molecule has 0 fully saturated rings. The Labute approximate surface area is 116 Å². The molecule has 19 heavy (non-hydrogen) atoms. The summed E-state index contributed by atoms with van der Waals surface area (Å²) in [6, 6.07) is 5.50. The molecule has 2 nitrogen and oxygen atoms in total. The summed E-state index contributed by atoms with van der Waals surface area (Å²) in [4.78, 5) is 11.2. The second-order valence-corrected chi connectivity index (χ2v) is 5.28. The van der Waals surface area contributed by atoms with Crippen molar-refractivity contribution in [2.75, 3.05) is 0 Å². The van der Waals surface area contributed by atoms with Crippen molar-refractivity contribution in [3.8, 4) is 0 Å². The fourth-order valence-corrected chi connectivity index (χ4v) is 2.32.